The second kappa shape index (κ2) is 15.2. The molecule has 9 aromatic carbocycles. The number of fused-ring (bicyclic) bond motifs is 7. The Morgan fingerprint density at radius 1 is 0.468 bits per heavy atom. The summed E-state index contributed by atoms with van der Waals surface area (Å²) >= 11 is 0. The van der Waals surface area contributed by atoms with Gasteiger partial charge in [0, 0.05) is 27.9 Å². The van der Waals surface area contributed by atoms with E-state index in [4.69, 9.17) is 0 Å². The maximum Gasteiger partial charge on any atom is 0.0491 e. The van der Waals surface area contributed by atoms with E-state index in [1.54, 1.807) is 6.08 Å². The minimum atomic E-state index is -0.179. The first-order valence-electron chi connectivity index (χ1n) is 22.5. The van der Waals surface area contributed by atoms with Crippen molar-refractivity contribution in [1.29, 1.82) is 0 Å². The van der Waals surface area contributed by atoms with Gasteiger partial charge in [0.05, 0.1) is 0 Å². The van der Waals surface area contributed by atoms with E-state index in [0.29, 0.717) is 0 Å². The first kappa shape index (κ1) is 40.9. The lowest BCUT2D eigenvalue weighted by Gasteiger charge is -2.30. The number of nitrogens with zero attached hydrogens (tertiary/aromatic N) is 1. The minimum Gasteiger partial charge on any atom is -0.310 e. The van der Waals surface area contributed by atoms with Crippen molar-refractivity contribution >= 4 is 49.4 Å². The molecule has 1 heteroatoms. The molecule has 0 amide bonds. The zero-order chi connectivity index (χ0) is 43.8. The normalized spacial score (nSPS) is 13.7. The lowest BCUT2D eigenvalue weighted by Crippen LogP contribution is -2.17. The smallest absolute Gasteiger partial charge is 0.0491 e. The standard InChI is InChI=1S/C56H47N.C3H6.C2H6/c1-32-13-25-50(34(3)27-32)57(51-26-14-33(2)28-35(51)4)39-19-23-43-48(31-39)56(7,8)49-30-38-17-21-42-40(20-15-36-16-22-44(54(43)49)53(38)52(36)42)37-18-24-47-45(29-37)41-11-9-10-12-46(41)55(47,5)6;1-3-2;1-2/h9-31H,1-8H3;3H,1H2,2H3;1-2H3. The van der Waals surface area contributed by atoms with Gasteiger partial charge in [-0.25, -0.2) is 0 Å². The quantitative estimate of drug-likeness (QED) is 0.126. The minimum absolute atomic E-state index is 0.00412. The van der Waals surface area contributed by atoms with Crippen LogP contribution in [0.1, 0.15) is 93.0 Å². The van der Waals surface area contributed by atoms with Crippen LogP contribution in [0.5, 0.6) is 0 Å². The van der Waals surface area contributed by atoms with Gasteiger partial charge >= 0.3 is 0 Å². The summed E-state index contributed by atoms with van der Waals surface area (Å²) in [5.41, 5.74) is 22.2. The number of benzene rings is 9. The molecule has 0 saturated heterocycles. The molecule has 0 spiro atoms. The second-order valence-electron chi connectivity index (χ2n) is 18.4. The van der Waals surface area contributed by atoms with Crippen molar-refractivity contribution in [3.8, 4) is 33.4 Å². The van der Waals surface area contributed by atoms with Crippen LogP contribution in [0.3, 0.4) is 0 Å². The summed E-state index contributed by atoms with van der Waals surface area (Å²) in [7, 11) is 0. The van der Waals surface area contributed by atoms with E-state index in [1.807, 2.05) is 20.8 Å². The molecule has 0 fully saturated rings. The molecule has 0 radical (unpaired) electrons. The SMILES string of the molecule is C=CC.CC.Cc1ccc(N(c2ccc3c(c2)C(C)(C)c2cc4ccc5c(-c6ccc7c(c6)-c6ccccc6C7(C)C)ccc6ccc(c2-3)c4c65)c2ccc(C)cc2C)c(C)c1. The summed E-state index contributed by atoms with van der Waals surface area (Å²) in [4.78, 5) is 2.48. The van der Waals surface area contributed by atoms with Crippen molar-refractivity contribution in [3.63, 3.8) is 0 Å². The van der Waals surface area contributed by atoms with Crippen LogP contribution >= 0.6 is 0 Å². The van der Waals surface area contributed by atoms with Gasteiger partial charge in [0.2, 0.25) is 0 Å². The zero-order valence-corrected chi connectivity index (χ0v) is 38.5. The Labute approximate surface area is 369 Å². The Hall–Kier alpha value is -6.44. The maximum atomic E-state index is 3.36. The molecule has 0 bridgehead atoms. The van der Waals surface area contributed by atoms with Crippen molar-refractivity contribution < 1.29 is 0 Å². The van der Waals surface area contributed by atoms with Gasteiger partial charge in [-0.3, -0.25) is 0 Å². The molecule has 0 N–H and O–H groups in total. The van der Waals surface area contributed by atoms with Gasteiger partial charge in [-0.05, 0) is 170 Å². The summed E-state index contributed by atoms with van der Waals surface area (Å²) in [5, 5.41) is 8.02. The van der Waals surface area contributed by atoms with Gasteiger partial charge < -0.3 is 4.90 Å². The van der Waals surface area contributed by atoms with Crippen LogP contribution in [-0.2, 0) is 10.8 Å². The van der Waals surface area contributed by atoms with Crippen molar-refractivity contribution in [3.05, 3.63) is 197 Å². The van der Waals surface area contributed by atoms with Gasteiger partial charge in [-0.2, -0.15) is 0 Å². The lowest BCUT2D eigenvalue weighted by molar-refractivity contribution is 0.660. The summed E-state index contributed by atoms with van der Waals surface area (Å²) in [6, 6.07) is 53.7. The molecular weight excluding hydrogens is 747 g/mol. The third-order valence-corrected chi connectivity index (χ3v) is 13.7. The number of aryl methyl sites for hydroxylation is 4. The van der Waals surface area contributed by atoms with Gasteiger partial charge in [0.15, 0.2) is 0 Å². The molecule has 2 aliphatic carbocycles. The number of rotatable bonds is 4. The molecule has 0 heterocycles. The molecule has 0 aromatic heterocycles. The number of hydrogen-bond donors (Lipinski definition) is 0. The monoisotopic (exact) mass is 805 g/mol. The first-order chi connectivity index (χ1) is 29.8. The summed E-state index contributed by atoms with van der Waals surface area (Å²) < 4.78 is 0. The molecule has 0 atom stereocenters. The van der Waals surface area contributed by atoms with Gasteiger partial charge in [0.25, 0.3) is 0 Å². The highest BCUT2D eigenvalue weighted by molar-refractivity contribution is 6.28. The Bertz CT molecular complexity index is 3170. The Morgan fingerprint density at radius 2 is 1.03 bits per heavy atom. The second-order valence-corrected chi connectivity index (χ2v) is 18.4. The van der Waals surface area contributed by atoms with Crippen LogP contribution in [0, 0.1) is 27.7 Å². The highest BCUT2D eigenvalue weighted by atomic mass is 15.1. The Kier molecular flexibility index (Phi) is 10.0. The molecule has 9 aromatic rings. The molecule has 0 unspecified atom stereocenters. The summed E-state index contributed by atoms with van der Waals surface area (Å²) in [5.74, 6) is 0. The predicted octanol–water partition coefficient (Wildman–Crippen LogP) is 17.8. The van der Waals surface area contributed by atoms with Crippen molar-refractivity contribution in [2.45, 2.75) is 87.0 Å². The number of allylic oxidation sites excluding steroid dienone is 1. The summed E-state index contributed by atoms with van der Waals surface area (Å²) in [6.45, 7) is 27.6. The van der Waals surface area contributed by atoms with E-state index >= 15 is 0 Å². The van der Waals surface area contributed by atoms with E-state index in [0.717, 1.165) is 0 Å². The van der Waals surface area contributed by atoms with Gasteiger partial charge in [0.1, 0.15) is 0 Å². The van der Waals surface area contributed by atoms with E-state index in [1.165, 1.54) is 127 Å². The molecule has 2 aliphatic rings. The molecule has 1 nitrogen and oxygen atoms in total. The topological polar surface area (TPSA) is 3.24 Å². The van der Waals surface area contributed by atoms with E-state index in [2.05, 4.69) is 206 Å². The Balaban J connectivity index is 0.000000942. The van der Waals surface area contributed by atoms with Crippen molar-refractivity contribution in [1.82, 2.24) is 0 Å². The fraction of sp³-hybridized carbons (Fsp3) is 0.213. The average molecular weight is 806 g/mol. The van der Waals surface area contributed by atoms with E-state index < -0.39 is 0 Å². The molecular formula is C61H59N. The first-order valence-corrected chi connectivity index (χ1v) is 22.5. The fourth-order valence-electron chi connectivity index (χ4n) is 10.9. The van der Waals surface area contributed by atoms with Crippen LogP contribution in [0.4, 0.5) is 17.1 Å². The molecule has 0 saturated carbocycles. The van der Waals surface area contributed by atoms with Crippen LogP contribution in [0.25, 0.3) is 65.7 Å². The van der Waals surface area contributed by atoms with Crippen LogP contribution < -0.4 is 4.90 Å². The lowest BCUT2D eigenvalue weighted by atomic mass is 9.80. The number of anilines is 3. The highest BCUT2D eigenvalue weighted by Gasteiger charge is 2.39. The highest BCUT2D eigenvalue weighted by Crippen LogP contribution is 2.56. The van der Waals surface area contributed by atoms with Crippen LogP contribution in [-0.4, -0.2) is 0 Å². The van der Waals surface area contributed by atoms with Crippen molar-refractivity contribution in [2.24, 2.45) is 0 Å². The fourth-order valence-corrected chi connectivity index (χ4v) is 10.9. The van der Waals surface area contributed by atoms with Crippen molar-refractivity contribution in [2.75, 3.05) is 4.90 Å². The molecule has 11 rings (SSSR count). The molecule has 0 aliphatic heterocycles. The largest absolute Gasteiger partial charge is 0.310 e. The molecule has 308 valence electrons. The zero-order valence-electron chi connectivity index (χ0n) is 38.5. The maximum absolute atomic E-state index is 3.36. The average Bonchev–Trinajstić information content (AvgIpc) is 3.63. The Morgan fingerprint density at radius 3 is 1.71 bits per heavy atom. The van der Waals surface area contributed by atoms with Gasteiger partial charge in [-0.1, -0.05) is 162 Å². The number of hydrogen-bond acceptors (Lipinski definition) is 1. The third-order valence-electron chi connectivity index (χ3n) is 13.7. The van der Waals surface area contributed by atoms with E-state index in [-0.39, 0.29) is 10.8 Å². The van der Waals surface area contributed by atoms with Crippen LogP contribution in [0.2, 0.25) is 0 Å². The summed E-state index contributed by atoms with van der Waals surface area (Å²) in [6.07, 6.45) is 1.75. The van der Waals surface area contributed by atoms with Gasteiger partial charge in [-0.15, -0.1) is 6.58 Å². The van der Waals surface area contributed by atoms with Crippen LogP contribution in [0.15, 0.2) is 152 Å². The van der Waals surface area contributed by atoms with E-state index in [9.17, 15) is 0 Å². The molecule has 62 heavy (non-hydrogen) atoms. The predicted molar refractivity (Wildman–Crippen MR) is 272 cm³/mol. The third kappa shape index (κ3) is 6.11.